The van der Waals surface area contributed by atoms with Gasteiger partial charge in [0.1, 0.15) is 6.04 Å². The van der Waals surface area contributed by atoms with Crippen LogP contribution in [0, 0.1) is 0 Å². The monoisotopic (exact) mass is 280 g/mol. The molecule has 0 amide bonds. The number of esters is 1. The van der Waals surface area contributed by atoms with E-state index in [1.165, 1.54) is 0 Å². The molecule has 0 saturated carbocycles. The number of nitrogens with zero attached hydrogens (tertiary/aromatic N) is 3. The third-order valence-corrected chi connectivity index (χ3v) is 2.99. The highest BCUT2D eigenvalue weighted by Crippen LogP contribution is 2.18. The molecule has 7 nitrogen and oxygen atoms in total. The van der Waals surface area contributed by atoms with Crippen molar-refractivity contribution in [2.45, 2.75) is 19.9 Å². The van der Waals surface area contributed by atoms with E-state index >= 15 is 0 Å². The van der Waals surface area contributed by atoms with Gasteiger partial charge in [-0.3, -0.25) is 4.98 Å². The SMILES string of the molecule is CCOC(=O)C1CNCCN1c1cncc(OCC)n1. The fourth-order valence-electron chi connectivity index (χ4n) is 2.12. The van der Waals surface area contributed by atoms with Crippen LogP contribution < -0.4 is 15.0 Å². The van der Waals surface area contributed by atoms with Crippen LogP contribution in [0.5, 0.6) is 5.88 Å². The molecule has 110 valence electrons. The first-order chi connectivity index (χ1) is 9.76. The van der Waals surface area contributed by atoms with Crippen molar-refractivity contribution in [3.8, 4) is 5.88 Å². The first-order valence-electron chi connectivity index (χ1n) is 6.85. The van der Waals surface area contributed by atoms with Crippen LogP contribution >= 0.6 is 0 Å². The molecule has 0 aliphatic carbocycles. The molecule has 1 N–H and O–H groups in total. The zero-order valence-electron chi connectivity index (χ0n) is 11.8. The molecule has 1 unspecified atom stereocenters. The first-order valence-corrected chi connectivity index (χ1v) is 6.85. The Bertz CT molecular complexity index is 455. The van der Waals surface area contributed by atoms with Crippen LogP contribution in [-0.4, -0.2) is 54.8 Å². The number of hydrogen-bond acceptors (Lipinski definition) is 7. The summed E-state index contributed by atoms with van der Waals surface area (Å²) < 4.78 is 10.5. The highest BCUT2D eigenvalue weighted by molar-refractivity contribution is 5.80. The average molecular weight is 280 g/mol. The van der Waals surface area contributed by atoms with E-state index < -0.39 is 0 Å². The van der Waals surface area contributed by atoms with Crippen molar-refractivity contribution in [1.29, 1.82) is 0 Å². The van der Waals surface area contributed by atoms with Gasteiger partial charge in [0, 0.05) is 19.6 Å². The Hall–Kier alpha value is -1.89. The molecule has 2 heterocycles. The molecule has 0 bridgehead atoms. The second-order valence-electron chi connectivity index (χ2n) is 4.31. The van der Waals surface area contributed by atoms with Crippen molar-refractivity contribution in [3.05, 3.63) is 12.4 Å². The lowest BCUT2D eigenvalue weighted by molar-refractivity contribution is -0.144. The Morgan fingerprint density at radius 2 is 2.30 bits per heavy atom. The van der Waals surface area contributed by atoms with Crippen molar-refractivity contribution in [3.63, 3.8) is 0 Å². The van der Waals surface area contributed by atoms with Gasteiger partial charge in [-0.2, -0.15) is 4.98 Å². The van der Waals surface area contributed by atoms with Crippen molar-refractivity contribution >= 4 is 11.8 Å². The summed E-state index contributed by atoms with van der Waals surface area (Å²) in [7, 11) is 0. The average Bonchev–Trinajstić information content (AvgIpc) is 2.48. The lowest BCUT2D eigenvalue weighted by atomic mass is 10.2. The van der Waals surface area contributed by atoms with E-state index in [9.17, 15) is 4.79 Å². The molecule has 1 aliphatic heterocycles. The number of aromatic nitrogens is 2. The molecule has 1 aromatic heterocycles. The van der Waals surface area contributed by atoms with E-state index in [1.807, 2.05) is 11.8 Å². The fourth-order valence-corrected chi connectivity index (χ4v) is 2.12. The van der Waals surface area contributed by atoms with E-state index in [4.69, 9.17) is 9.47 Å². The molecular weight excluding hydrogens is 260 g/mol. The van der Waals surface area contributed by atoms with Gasteiger partial charge in [-0.25, -0.2) is 4.79 Å². The standard InChI is InChI=1S/C13H20N4O3/c1-3-19-12-9-15-8-11(16-12)17-6-5-14-7-10(17)13(18)20-4-2/h8-10,14H,3-7H2,1-2H3. The fraction of sp³-hybridized carbons (Fsp3) is 0.615. The van der Waals surface area contributed by atoms with Crippen molar-refractivity contribution in [1.82, 2.24) is 15.3 Å². The third-order valence-electron chi connectivity index (χ3n) is 2.99. The van der Waals surface area contributed by atoms with Gasteiger partial charge in [0.15, 0.2) is 5.82 Å². The third kappa shape index (κ3) is 3.36. The van der Waals surface area contributed by atoms with Gasteiger partial charge in [-0.15, -0.1) is 0 Å². The van der Waals surface area contributed by atoms with Crippen LogP contribution in [0.4, 0.5) is 5.82 Å². The zero-order valence-corrected chi connectivity index (χ0v) is 11.8. The predicted molar refractivity (Wildman–Crippen MR) is 73.8 cm³/mol. The smallest absolute Gasteiger partial charge is 0.330 e. The molecular formula is C13H20N4O3. The number of carbonyl (C=O) groups excluding carboxylic acids is 1. The summed E-state index contributed by atoms with van der Waals surface area (Å²) >= 11 is 0. The Morgan fingerprint density at radius 3 is 3.05 bits per heavy atom. The summed E-state index contributed by atoms with van der Waals surface area (Å²) in [5, 5.41) is 3.19. The van der Waals surface area contributed by atoms with Gasteiger partial charge >= 0.3 is 5.97 Å². The van der Waals surface area contributed by atoms with E-state index in [-0.39, 0.29) is 12.0 Å². The molecule has 0 aromatic carbocycles. The van der Waals surface area contributed by atoms with Crippen molar-refractivity contribution in [2.24, 2.45) is 0 Å². The van der Waals surface area contributed by atoms with E-state index in [1.54, 1.807) is 19.3 Å². The molecule has 1 aliphatic rings. The number of carbonyl (C=O) groups is 1. The second-order valence-corrected chi connectivity index (χ2v) is 4.31. The van der Waals surface area contributed by atoms with Crippen molar-refractivity contribution < 1.29 is 14.3 Å². The maximum absolute atomic E-state index is 12.0. The van der Waals surface area contributed by atoms with Gasteiger partial charge in [0.05, 0.1) is 25.6 Å². The summed E-state index contributed by atoms with van der Waals surface area (Å²) in [4.78, 5) is 22.4. The van der Waals surface area contributed by atoms with Gasteiger partial charge in [-0.1, -0.05) is 0 Å². The Kier molecular flexibility index (Phi) is 5.11. The van der Waals surface area contributed by atoms with Gasteiger partial charge in [0.25, 0.3) is 0 Å². The van der Waals surface area contributed by atoms with E-state index in [0.717, 1.165) is 6.54 Å². The molecule has 7 heteroatoms. The first kappa shape index (κ1) is 14.5. The van der Waals surface area contributed by atoms with Gasteiger partial charge in [-0.05, 0) is 13.8 Å². The summed E-state index contributed by atoms with van der Waals surface area (Å²) in [6, 6.07) is -0.380. The molecule has 0 spiro atoms. The number of anilines is 1. The molecule has 20 heavy (non-hydrogen) atoms. The highest BCUT2D eigenvalue weighted by atomic mass is 16.5. The van der Waals surface area contributed by atoms with Crippen molar-refractivity contribution in [2.75, 3.05) is 37.7 Å². The maximum atomic E-state index is 12.0. The molecule has 1 aromatic rings. The van der Waals surface area contributed by atoms with E-state index in [0.29, 0.717) is 38.0 Å². The Balaban J connectivity index is 2.18. The largest absolute Gasteiger partial charge is 0.477 e. The topological polar surface area (TPSA) is 76.6 Å². The zero-order chi connectivity index (χ0) is 14.4. The van der Waals surface area contributed by atoms with E-state index in [2.05, 4.69) is 15.3 Å². The molecule has 1 fully saturated rings. The number of nitrogens with one attached hydrogen (secondary N) is 1. The Morgan fingerprint density at radius 1 is 1.45 bits per heavy atom. The van der Waals surface area contributed by atoms with Crippen LogP contribution in [0.2, 0.25) is 0 Å². The lowest BCUT2D eigenvalue weighted by Crippen LogP contribution is -2.56. The minimum atomic E-state index is -0.380. The minimum absolute atomic E-state index is 0.247. The number of rotatable bonds is 5. The van der Waals surface area contributed by atoms with Crippen LogP contribution in [0.15, 0.2) is 12.4 Å². The van der Waals surface area contributed by atoms with Crippen LogP contribution in [0.3, 0.4) is 0 Å². The number of piperazine rings is 1. The highest BCUT2D eigenvalue weighted by Gasteiger charge is 2.31. The number of hydrogen-bond donors (Lipinski definition) is 1. The summed E-state index contributed by atoms with van der Waals surface area (Å²) in [5.74, 6) is 0.852. The summed E-state index contributed by atoms with van der Waals surface area (Å²) in [6.07, 6.45) is 3.20. The predicted octanol–water partition coefficient (Wildman–Crippen LogP) is 0.217. The summed E-state index contributed by atoms with van der Waals surface area (Å²) in [6.45, 7) is 6.59. The molecule has 0 radical (unpaired) electrons. The summed E-state index contributed by atoms with van der Waals surface area (Å²) in [5.41, 5.74) is 0. The molecule has 1 atom stereocenters. The second kappa shape index (κ2) is 7.04. The molecule has 2 rings (SSSR count). The lowest BCUT2D eigenvalue weighted by Gasteiger charge is -2.35. The van der Waals surface area contributed by atoms with Gasteiger partial charge in [0.2, 0.25) is 5.88 Å². The normalized spacial score (nSPS) is 18.7. The van der Waals surface area contributed by atoms with Crippen LogP contribution in [0.1, 0.15) is 13.8 Å². The molecule has 1 saturated heterocycles. The Labute approximate surface area is 118 Å². The van der Waals surface area contributed by atoms with Crippen LogP contribution in [-0.2, 0) is 9.53 Å². The minimum Gasteiger partial charge on any atom is -0.477 e. The van der Waals surface area contributed by atoms with Gasteiger partial charge < -0.3 is 19.7 Å². The maximum Gasteiger partial charge on any atom is 0.330 e. The quantitative estimate of drug-likeness (QED) is 0.773. The number of ether oxygens (including phenoxy) is 2. The van der Waals surface area contributed by atoms with Crippen LogP contribution in [0.25, 0.3) is 0 Å².